The number of nitrogens with zero attached hydrogens (tertiary/aromatic N) is 4. The Bertz CT molecular complexity index is 1200. The molecule has 32 heavy (non-hydrogen) atoms. The van der Waals surface area contributed by atoms with E-state index in [1.165, 1.54) is 12.1 Å². The molecule has 2 N–H and O–H groups in total. The number of H-pyrrole nitrogens is 1. The molecule has 1 saturated heterocycles. The molecule has 0 atom stereocenters. The van der Waals surface area contributed by atoms with Gasteiger partial charge in [-0.2, -0.15) is 5.10 Å². The molecular formula is C24H30FN5O2. The summed E-state index contributed by atoms with van der Waals surface area (Å²) in [5.41, 5.74) is 2.65. The van der Waals surface area contributed by atoms with E-state index in [9.17, 15) is 14.3 Å². The molecule has 2 aromatic heterocycles. The first-order valence-electron chi connectivity index (χ1n) is 10.8. The minimum Gasteiger partial charge on any atom is -0.508 e. The number of rotatable bonds is 3. The van der Waals surface area contributed by atoms with Crippen LogP contribution in [0.15, 0.2) is 24.3 Å². The van der Waals surface area contributed by atoms with Crippen molar-refractivity contribution in [1.82, 2.24) is 25.0 Å². The number of phenols is 1. The average molecular weight is 440 g/mol. The van der Waals surface area contributed by atoms with Gasteiger partial charge in [0.25, 0.3) is 0 Å². The van der Waals surface area contributed by atoms with Crippen molar-refractivity contribution in [1.29, 1.82) is 0 Å². The molecule has 0 bridgehead atoms. The monoisotopic (exact) mass is 439 g/mol. The standard InChI is InChI=1S/C24H30FN5O2/c1-14-21-16(11-29-12-24(5,6)30(15(2)31)13-23(29,3)4)9-20(26-22(21)28-27-14)18-8-7-17(32)10-19(18)25/h7-10,32H,11-13H2,1-6H3,(H,26,27,28). The highest BCUT2D eigenvalue weighted by Gasteiger charge is 2.44. The van der Waals surface area contributed by atoms with Crippen LogP contribution in [0.25, 0.3) is 22.3 Å². The van der Waals surface area contributed by atoms with E-state index in [1.54, 1.807) is 6.92 Å². The van der Waals surface area contributed by atoms with Crippen LogP contribution in [0.2, 0.25) is 0 Å². The fourth-order valence-corrected chi connectivity index (χ4v) is 4.73. The first kappa shape index (κ1) is 22.2. The van der Waals surface area contributed by atoms with Crippen LogP contribution in [0.3, 0.4) is 0 Å². The third-order valence-electron chi connectivity index (χ3n) is 6.47. The number of pyridine rings is 1. The predicted octanol–water partition coefficient (Wildman–Crippen LogP) is 4.00. The van der Waals surface area contributed by atoms with Crippen molar-refractivity contribution < 1.29 is 14.3 Å². The third kappa shape index (κ3) is 3.83. The van der Waals surface area contributed by atoms with Crippen LogP contribution in [-0.4, -0.2) is 60.2 Å². The summed E-state index contributed by atoms with van der Waals surface area (Å²) in [6, 6.07) is 5.98. The second-order valence-electron chi connectivity index (χ2n) is 9.95. The molecule has 0 unspecified atom stereocenters. The van der Waals surface area contributed by atoms with Gasteiger partial charge in [0.15, 0.2) is 5.65 Å². The number of aromatic amines is 1. The van der Waals surface area contributed by atoms with Gasteiger partial charge in [-0.1, -0.05) is 0 Å². The van der Waals surface area contributed by atoms with Crippen LogP contribution in [0.5, 0.6) is 5.75 Å². The van der Waals surface area contributed by atoms with Crippen molar-refractivity contribution in [2.75, 3.05) is 13.1 Å². The maximum absolute atomic E-state index is 14.6. The van der Waals surface area contributed by atoms with Gasteiger partial charge in [0.1, 0.15) is 11.6 Å². The number of hydrogen-bond donors (Lipinski definition) is 2. The highest BCUT2D eigenvalue weighted by Crippen LogP contribution is 2.35. The molecule has 1 amide bonds. The molecule has 3 aromatic rings. The molecule has 1 aliphatic rings. The van der Waals surface area contributed by atoms with Crippen LogP contribution < -0.4 is 0 Å². The van der Waals surface area contributed by atoms with Crippen molar-refractivity contribution in [3.8, 4) is 17.0 Å². The number of aromatic nitrogens is 3. The van der Waals surface area contributed by atoms with E-state index < -0.39 is 5.82 Å². The number of aryl methyl sites for hydroxylation is 1. The van der Waals surface area contributed by atoms with Gasteiger partial charge in [0, 0.05) is 49.1 Å². The maximum Gasteiger partial charge on any atom is 0.219 e. The van der Waals surface area contributed by atoms with Gasteiger partial charge >= 0.3 is 0 Å². The number of amides is 1. The molecule has 7 nitrogen and oxygen atoms in total. The van der Waals surface area contributed by atoms with E-state index in [0.717, 1.165) is 22.7 Å². The first-order chi connectivity index (χ1) is 14.9. The summed E-state index contributed by atoms with van der Waals surface area (Å²) >= 11 is 0. The summed E-state index contributed by atoms with van der Waals surface area (Å²) in [7, 11) is 0. The number of hydrogen-bond acceptors (Lipinski definition) is 5. The topological polar surface area (TPSA) is 85.4 Å². The average Bonchev–Trinajstić information content (AvgIpc) is 3.05. The van der Waals surface area contributed by atoms with Gasteiger partial charge in [-0.05, 0) is 58.4 Å². The Labute approximate surface area is 187 Å². The third-order valence-corrected chi connectivity index (χ3v) is 6.47. The quantitative estimate of drug-likeness (QED) is 0.644. The summed E-state index contributed by atoms with van der Waals surface area (Å²) < 4.78 is 14.6. The molecular weight excluding hydrogens is 409 g/mol. The summed E-state index contributed by atoms with van der Waals surface area (Å²) in [5, 5.41) is 17.8. The van der Waals surface area contributed by atoms with Crippen LogP contribution in [0.1, 0.15) is 45.9 Å². The number of fused-ring (bicyclic) bond motifs is 1. The zero-order chi connectivity index (χ0) is 23.4. The van der Waals surface area contributed by atoms with Gasteiger partial charge < -0.3 is 10.0 Å². The lowest BCUT2D eigenvalue weighted by Gasteiger charge is -2.55. The van der Waals surface area contributed by atoms with E-state index in [0.29, 0.717) is 36.5 Å². The Morgan fingerprint density at radius 2 is 1.91 bits per heavy atom. The maximum atomic E-state index is 14.6. The number of piperazine rings is 1. The van der Waals surface area contributed by atoms with E-state index in [-0.39, 0.29) is 22.7 Å². The molecule has 0 radical (unpaired) electrons. The van der Waals surface area contributed by atoms with Gasteiger partial charge in [-0.15, -0.1) is 0 Å². The molecule has 0 saturated carbocycles. The molecule has 0 spiro atoms. The number of aromatic hydroxyl groups is 1. The first-order valence-corrected chi connectivity index (χ1v) is 10.8. The minimum absolute atomic E-state index is 0.0739. The SMILES string of the molecule is CC(=O)N1CC(C)(C)N(Cc2cc(-c3ccc(O)cc3F)nc3[nH]nc(C)c23)CC1(C)C. The summed E-state index contributed by atoms with van der Waals surface area (Å²) in [6.07, 6.45) is 0. The normalized spacial score (nSPS) is 18.3. The number of nitrogens with one attached hydrogen (secondary N) is 1. The molecule has 4 rings (SSSR count). The minimum atomic E-state index is -0.532. The molecule has 170 valence electrons. The van der Waals surface area contributed by atoms with E-state index in [1.807, 2.05) is 17.9 Å². The number of halogens is 1. The van der Waals surface area contributed by atoms with Gasteiger partial charge in [0.05, 0.1) is 16.9 Å². The predicted molar refractivity (Wildman–Crippen MR) is 122 cm³/mol. The Hall–Kier alpha value is -3.00. The van der Waals surface area contributed by atoms with Crippen molar-refractivity contribution in [3.05, 3.63) is 41.3 Å². The largest absolute Gasteiger partial charge is 0.508 e. The Balaban J connectivity index is 1.79. The van der Waals surface area contributed by atoms with Crippen molar-refractivity contribution in [2.24, 2.45) is 0 Å². The Morgan fingerprint density at radius 3 is 2.56 bits per heavy atom. The zero-order valence-electron chi connectivity index (χ0n) is 19.5. The number of benzene rings is 1. The number of carbonyl (C=O) groups is 1. The van der Waals surface area contributed by atoms with Crippen LogP contribution in [0.4, 0.5) is 4.39 Å². The Morgan fingerprint density at radius 1 is 1.19 bits per heavy atom. The summed E-state index contributed by atoms with van der Waals surface area (Å²) in [6.45, 7) is 13.9. The van der Waals surface area contributed by atoms with Gasteiger partial charge in [0.2, 0.25) is 5.91 Å². The van der Waals surface area contributed by atoms with Crippen LogP contribution in [-0.2, 0) is 11.3 Å². The van der Waals surface area contributed by atoms with Crippen molar-refractivity contribution in [3.63, 3.8) is 0 Å². The number of phenolic OH excluding ortho intramolecular Hbond substituents is 1. The zero-order valence-corrected chi connectivity index (χ0v) is 19.5. The van der Waals surface area contributed by atoms with Gasteiger partial charge in [-0.25, -0.2) is 9.37 Å². The molecule has 1 aliphatic heterocycles. The summed E-state index contributed by atoms with van der Waals surface area (Å²) in [4.78, 5) is 21.1. The highest BCUT2D eigenvalue weighted by atomic mass is 19.1. The molecule has 3 heterocycles. The fraction of sp³-hybridized carbons (Fsp3) is 0.458. The molecule has 1 fully saturated rings. The molecule has 0 aliphatic carbocycles. The second-order valence-corrected chi connectivity index (χ2v) is 9.95. The van der Waals surface area contributed by atoms with E-state index in [4.69, 9.17) is 0 Å². The molecule has 8 heteroatoms. The second kappa shape index (κ2) is 7.55. The van der Waals surface area contributed by atoms with E-state index >= 15 is 0 Å². The smallest absolute Gasteiger partial charge is 0.219 e. The summed E-state index contributed by atoms with van der Waals surface area (Å²) in [5.74, 6) is -0.586. The van der Waals surface area contributed by atoms with Crippen molar-refractivity contribution >= 4 is 16.9 Å². The lowest BCUT2D eigenvalue weighted by molar-refractivity contribution is -0.145. The number of carbonyl (C=O) groups excluding carboxylic acids is 1. The highest BCUT2D eigenvalue weighted by molar-refractivity contribution is 5.84. The molecule has 1 aromatic carbocycles. The van der Waals surface area contributed by atoms with Crippen LogP contribution in [0, 0.1) is 12.7 Å². The van der Waals surface area contributed by atoms with Gasteiger partial charge in [-0.3, -0.25) is 14.8 Å². The lowest BCUT2D eigenvalue weighted by Crippen LogP contribution is -2.68. The lowest BCUT2D eigenvalue weighted by atomic mass is 9.88. The van der Waals surface area contributed by atoms with Crippen molar-refractivity contribution in [2.45, 2.75) is 59.2 Å². The Kier molecular flexibility index (Phi) is 5.24. The fourth-order valence-electron chi connectivity index (χ4n) is 4.73. The van der Waals surface area contributed by atoms with Crippen LogP contribution >= 0.6 is 0 Å². The van der Waals surface area contributed by atoms with E-state index in [2.05, 4.69) is 47.8 Å².